The Kier molecular flexibility index (Phi) is 7.78. The monoisotopic (exact) mass is 403 g/mol. The van der Waals surface area contributed by atoms with Gasteiger partial charge in [-0.2, -0.15) is 5.10 Å². The normalized spacial score (nSPS) is 23.4. The van der Waals surface area contributed by atoms with E-state index in [0.29, 0.717) is 12.3 Å². The van der Waals surface area contributed by atoms with E-state index in [1.54, 1.807) is 0 Å². The van der Waals surface area contributed by atoms with Gasteiger partial charge in [0.2, 0.25) is 0 Å². The van der Waals surface area contributed by atoms with Gasteiger partial charge in [-0.1, -0.05) is 19.8 Å². The van der Waals surface area contributed by atoms with Crippen molar-refractivity contribution in [2.75, 3.05) is 19.6 Å². The lowest BCUT2D eigenvalue weighted by atomic mass is 9.79. The van der Waals surface area contributed by atoms with Gasteiger partial charge in [-0.25, -0.2) is 0 Å². The maximum Gasteiger partial charge on any atom is 0.306 e. The standard InChI is InChI=1S/C24H41N3O2/c1-5-13-27-22-12-16-26(15-11-21(22)18-25-27)14-10-19-6-8-20(9-7-19)17-23(28)29-24(2,3)4/h18-20H,5-17H2,1-4H3. The van der Waals surface area contributed by atoms with Gasteiger partial charge in [0, 0.05) is 38.2 Å². The molecule has 0 N–H and O–H groups in total. The zero-order chi connectivity index (χ0) is 20.9. The zero-order valence-corrected chi connectivity index (χ0v) is 19.1. The van der Waals surface area contributed by atoms with Crippen LogP contribution in [0.15, 0.2) is 6.20 Å². The molecule has 1 aliphatic heterocycles. The molecule has 0 unspecified atom stereocenters. The van der Waals surface area contributed by atoms with E-state index in [0.717, 1.165) is 38.3 Å². The quantitative estimate of drug-likeness (QED) is 0.623. The number of nitrogens with zero attached hydrogens (tertiary/aromatic N) is 3. The van der Waals surface area contributed by atoms with Crippen LogP contribution in [0.2, 0.25) is 0 Å². The van der Waals surface area contributed by atoms with Crippen LogP contribution in [0, 0.1) is 11.8 Å². The first-order valence-corrected chi connectivity index (χ1v) is 11.8. The summed E-state index contributed by atoms with van der Waals surface area (Å²) in [6.45, 7) is 12.7. The second-order valence-corrected chi connectivity index (χ2v) is 10.1. The van der Waals surface area contributed by atoms with Gasteiger partial charge in [-0.3, -0.25) is 9.48 Å². The van der Waals surface area contributed by atoms with Crippen LogP contribution in [0.1, 0.15) is 83.9 Å². The first-order valence-electron chi connectivity index (χ1n) is 11.8. The second-order valence-electron chi connectivity index (χ2n) is 10.1. The Hall–Kier alpha value is -1.36. The Balaban J connectivity index is 1.36. The van der Waals surface area contributed by atoms with E-state index in [9.17, 15) is 4.79 Å². The summed E-state index contributed by atoms with van der Waals surface area (Å²) < 4.78 is 7.72. The number of hydrogen-bond acceptors (Lipinski definition) is 4. The molecule has 0 radical (unpaired) electrons. The zero-order valence-electron chi connectivity index (χ0n) is 19.1. The number of rotatable bonds is 7. The molecule has 2 aliphatic rings. The maximum atomic E-state index is 12.1. The summed E-state index contributed by atoms with van der Waals surface area (Å²) in [7, 11) is 0. The molecule has 29 heavy (non-hydrogen) atoms. The summed E-state index contributed by atoms with van der Waals surface area (Å²) in [6, 6.07) is 0. The van der Waals surface area contributed by atoms with Crippen molar-refractivity contribution in [1.29, 1.82) is 0 Å². The van der Waals surface area contributed by atoms with E-state index in [4.69, 9.17) is 4.74 Å². The molecular formula is C24H41N3O2. The van der Waals surface area contributed by atoms with E-state index >= 15 is 0 Å². The Morgan fingerprint density at radius 1 is 1.10 bits per heavy atom. The lowest BCUT2D eigenvalue weighted by Crippen LogP contribution is -2.30. The summed E-state index contributed by atoms with van der Waals surface area (Å²) in [6.07, 6.45) is 12.3. The first kappa shape index (κ1) is 22.3. The topological polar surface area (TPSA) is 47.4 Å². The molecule has 1 aromatic heterocycles. The molecule has 164 valence electrons. The van der Waals surface area contributed by atoms with E-state index in [1.165, 1.54) is 56.5 Å². The molecule has 3 rings (SSSR count). The third-order valence-corrected chi connectivity index (χ3v) is 6.53. The summed E-state index contributed by atoms with van der Waals surface area (Å²) >= 11 is 0. The SMILES string of the molecule is CCCn1ncc2c1CCN(CCC1CCC(CC(=O)OC(C)(C)C)CC1)CC2. The average molecular weight is 404 g/mol. The number of esters is 1. The van der Waals surface area contributed by atoms with Crippen LogP contribution in [-0.2, 0) is 28.9 Å². The smallest absolute Gasteiger partial charge is 0.306 e. The Morgan fingerprint density at radius 3 is 2.48 bits per heavy atom. The minimum Gasteiger partial charge on any atom is -0.460 e. The number of fused-ring (bicyclic) bond motifs is 1. The molecule has 2 heterocycles. The Morgan fingerprint density at radius 2 is 1.79 bits per heavy atom. The van der Waals surface area contributed by atoms with E-state index < -0.39 is 0 Å². The number of aryl methyl sites for hydroxylation is 1. The van der Waals surface area contributed by atoms with E-state index in [1.807, 2.05) is 20.8 Å². The van der Waals surface area contributed by atoms with Crippen molar-refractivity contribution >= 4 is 5.97 Å². The summed E-state index contributed by atoms with van der Waals surface area (Å²) in [5.41, 5.74) is 2.57. The molecular weight excluding hydrogens is 362 g/mol. The van der Waals surface area contributed by atoms with Crippen LogP contribution in [0.5, 0.6) is 0 Å². The number of carbonyl (C=O) groups is 1. The molecule has 1 aliphatic carbocycles. The first-order chi connectivity index (χ1) is 13.8. The molecule has 5 heteroatoms. The van der Waals surface area contributed by atoms with Gasteiger partial charge in [0.1, 0.15) is 5.60 Å². The molecule has 5 nitrogen and oxygen atoms in total. The molecule has 0 bridgehead atoms. The highest BCUT2D eigenvalue weighted by Crippen LogP contribution is 2.33. The number of aromatic nitrogens is 2. The van der Waals surface area contributed by atoms with Crippen molar-refractivity contribution in [3.05, 3.63) is 17.5 Å². The number of hydrogen-bond donors (Lipinski definition) is 0. The molecule has 0 amide bonds. The molecule has 1 aromatic rings. The van der Waals surface area contributed by atoms with Crippen LogP contribution < -0.4 is 0 Å². The van der Waals surface area contributed by atoms with Crippen molar-refractivity contribution < 1.29 is 9.53 Å². The van der Waals surface area contributed by atoms with Crippen LogP contribution in [0.3, 0.4) is 0 Å². The summed E-state index contributed by atoms with van der Waals surface area (Å²) in [5, 5.41) is 4.59. The van der Waals surface area contributed by atoms with Crippen molar-refractivity contribution in [2.24, 2.45) is 11.8 Å². The van der Waals surface area contributed by atoms with Crippen LogP contribution in [0.4, 0.5) is 0 Å². The van der Waals surface area contributed by atoms with Gasteiger partial charge >= 0.3 is 5.97 Å². The van der Waals surface area contributed by atoms with Gasteiger partial charge < -0.3 is 9.64 Å². The molecule has 1 saturated carbocycles. The van der Waals surface area contributed by atoms with Gasteiger partial charge in [0.15, 0.2) is 0 Å². The summed E-state index contributed by atoms with van der Waals surface area (Å²) in [4.78, 5) is 14.7. The highest BCUT2D eigenvalue weighted by molar-refractivity contribution is 5.70. The highest BCUT2D eigenvalue weighted by Gasteiger charge is 2.26. The largest absolute Gasteiger partial charge is 0.460 e. The van der Waals surface area contributed by atoms with Gasteiger partial charge in [-0.05, 0) is 76.8 Å². The highest BCUT2D eigenvalue weighted by atomic mass is 16.6. The predicted octanol–water partition coefficient (Wildman–Crippen LogP) is 4.62. The second kappa shape index (κ2) is 10.1. The molecule has 1 fully saturated rings. The lowest BCUT2D eigenvalue weighted by Gasteiger charge is -2.30. The fourth-order valence-corrected chi connectivity index (χ4v) is 4.94. The average Bonchev–Trinajstić information content (AvgIpc) is 2.91. The molecule has 0 spiro atoms. The minimum atomic E-state index is -0.365. The molecule has 0 atom stereocenters. The fraction of sp³-hybridized carbons (Fsp3) is 0.833. The van der Waals surface area contributed by atoms with Crippen molar-refractivity contribution in [3.63, 3.8) is 0 Å². The van der Waals surface area contributed by atoms with Gasteiger partial charge in [0.05, 0.1) is 6.20 Å². The third kappa shape index (κ3) is 6.84. The van der Waals surface area contributed by atoms with Gasteiger partial charge in [-0.15, -0.1) is 0 Å². The molecule has 0 aromatic carbocycles. The Bertz CT molecular complexity index is 654. The molecule has 0 saturated heterocycles. The van der Waals surface area contributed by atoms with E-state index in [-0.39, 0.29) is 11.6 Å². The fourth-order valence-electron chi connectivity index (χ4n) is 4.94. The minimum absolute atomic E-state index is 0.0216. The van der Waals surface area contributed by atoms with Crippen LogP contribution in [0.25, 0.3) is 0 Å². The summed E-state index contributed by atoms with van der Waals surface area (Å²) in [5.74, 6) is 1.33. The lowest BCUT2D eigenvalue weighted by molar-refractivity contribution is -0.156. The van der Waals surface area contributed by atoms with Crippen LogP contribution >= 0.6 is 0 Å². The third-order valence-electron chi connectivity index (χ3n) is 6.53. The maximum absolute atomic E-state index is 12.1. The van der Waals surface area contributed by atoms with Gasteiger partial charge in [0.25, 0.3) is 0 Å². The Labute approximate surface area is 177 Å². The predicted molar refractivity (Wildman–Crippen MR) is 117 cm³/mol. The van der Waals surface area contributed by atoms with E-state index in [2.05, 4.69) is 27.8 Å². The number of ether oxygens (including phenoxy) is 1. The van der Waals surface area contributed by atoms with Crippen molar-refractivity contribution in [2.45, 2.75) is 97.6 Å². The van der Waals surface area contributed by atoms with Crippen molar-refractivity contribution in [3.8, 4) is 0 Å². The number of carbonyl (C=O) groups excluding carboxylic acids is 1. The van der Waals surface area contributed by atoms with Crippen molar-refractivity contribution in [1.82, 2.24) is 14.7 Å². The van der Waals surface area contributed by atoms with Crippen LogP contribution in [-0.4, -0.2) is 45.9 Å².